The van der Waals surface area contributed by atoms with Crippen LogP contribution in [-0.2, 0) is 10.0 Å². The molecule has 0 bridgehead atoms. The number of hydrogen-bond donors (Lipinski definition) is 0. The first kappa shape index (κ1) is 15.1. The van der Waals surface area contributed by atoms with Crippen LogP contribution in [0.5, 0.6) is 0 Å². The standard InChI is InChI=1S/C16H17FN2O2S/c1-12-10-14(6-7-15(12)17)22(20,21)19-9-3-5-16(19)13-4-2-8-18-11-13/h2,4,6-8,10-11,16H,3,5,9H2,1H3. The van der Waals surface area contributed by atoms with Gasteiger partial charge in [-0.05, 0) is 55.2 Å². The third-order valence-corrected chi connectivity index (χ3v) is 5.91. The molecule has 2 aromatic rings. The Labute approximate surface area is 129 Å². The molecule has 6 heteroatoms. The first-order chi connectivity index (χ1) is 10.5. The fourth-order valence-electron chi connectivity index (χ4n) is 2.85. The first-order valence-electron chi connectivity index (χ1n) is 7.18. The maximum Gasteiger partial charge on any atom is 0.243 e. The molecule has 116 valence electrons. The third-order valence-electron chi connectivity index (χ3n) is 4.01. The normalized spacial score (nSPS) is 19.5. The largest absolute Gasteiger partial charge is 0.264 e. The molecule has 2 heterocycles. The number of aromatic nitrogens is 1. The van der Waals surface area contributed by atoms with Crippen molar-refractivity contribution in [1.29, 1.82) is 0 Å². The molecule has 1 unspecified atom stereocenters. The van der Waals surface area contributed by atoms with Gasteiger partial charge in [-0.2, -0.15) is 4.31 Å². The van der Waals surface area contributed by atoms with Crippen molar-refractivity contribution >= 4 is 10.0 Å². The smallest absolute Gasteiger partial charge is 0.243 e. The summed E-state index contributed by atoms with van der Waals surface area (Å²) >= 11 is 0. The van der Waals surface area contributed by atoms with Crippen LogP contribution >= 0.6 is 0 Å². The van der Waals surface area contributed by atoms with Crippen molar-refractivity contribution in [3.05, 3.63) is 59.7 Å². The van der Waals surface area contributed by atoms with Crippen molar-refractivity contribution < 1.29 is 12.8 Å². The highest BCUT2D eigenvalue weighted by molar-refractivity contribution is 7.89. The average molecular weight is 320 g/mol. The minimum Gasteiger partial charge on any atom is -0.264 e. The van der Waals surface area contributed by atoms with Gasteiger partial charge in [-0.1, -0.05) is 6.07 Å². The number of hydrogen-bond acceptors (Lipinski definition) is 3. The van der Waals surface area contributed by atoms with E-state index < -0.39 is 15.8 Å². The Hall–Kier alpha value is -1.79. The van der Waals surface area contributed by atoms with Crippen molar-refractivity contribution in [2.24, 2.45) is 0 Å². The van der Waals surface area contributed by atoms with E-state index in [1.807, 2.05) is 6.07 Å². The minimum atomic E-state index is -3.64. The zero-order chi connectivity index (χ0) is 15.7. The van der Waals surface area contributed by atoms with Crippen LogP contribution in [0.4, 0.5) is 4.39 Å². The number of benzene rings is 1. The molecule has 1 aliphatic heterocycles. The SMILES string of the molecule is Cc1cc(S(=O)(=O)N2CCCC2c2cccnc2)ccc1F. The fourth-order valence-corrected chi connectivity index (χ4v) is 4.62. The van der Waals surface area contributed by atoms with E-state index in [0.717, 1.165) is 18.4 Å². The summed E-state index contributed by atoms with van der Waals surface area (Å²) in [6.07, 6.45) is 4.94. The van der Waals surface area contributed by atoms with Gasteiger partial charge in [0.15, 0.2) is 0 Å². The van der Waals surface area contributed by atoms with Crippen LogP contribution in [0.15, 0.2) is 47.6 Å². The topological polar surface area (TPSA) is 50.3 Å². The predicted molar refractivity (Wildman–Crippen MR) is 81.2 cm³/mol. The van der Waals surface area contributed by atoms with Crippen molar-refractivity contribution in [1.82, 2.24) is 9.29 Å². The lowest BCUT2D eigenvalue weighted by Crippen LogP contribution is -2.30. The van der Waals surface area contributed by atoms with Crippen LogP contribution in [0.25, 0.3) is 0 Å². The molecule has 1 saturated heterocycles. The number of pyridine rings is 1. The number of halogens is 1. The van der Waals surface area contributed by atoms with Crippen molar-refractivity contribution in [2.75, 3.05) is 6.54 Å². The Morgan fingerprint density at radius 3 is 2.82 bits per heavy atom. The second-order valence-electron chi connectivity index (χ2n) is 5.47. The van der Waals surface area contributed by atoms with Crippen LogP contribution < -0.4 is 0 Å². The van der Waals surface area contributed by atoms with Crippen LogP contribution in [0.1, 0.15) is 30.0 Å². The highest BCUT2D eigenvalue weighted by Gasteiger charge is 2.36. The first-order valence-corrected chi connectivity index (χ1v) is 8.62. The van der Waals surface area contributed by atoms with E-state index in [4.69, 9.17) is 0 Å². The van der Waals surface area contributed by atoms with Crippen molar-refractivity contribution in [3.63, 3.8) is 0 Å². The molecule has 1 aliphatic rings. The highest BCUT2D eigenvalue weighted by Crippen LogP contribution is 2.36. The Bertz CT molecular complexity index is 778. The summed E-state index contributed by atoms with van der Waals surface area (Å²) in [6.45, 7) is 2.04. The monoisotopic (exact) mass is 320 g/mol. The Morgan fingerprint density at radius 1 is 1.32 bits per heavy atom. The Balaban J connectivity index is 1.99. The predicted octanol–water partition coefficient (Wildman–Crippen LogP) is 3.05. The van der Waals surface area contributed by atoms with Gasteiger partial charge in [-0.3, -0.25) is 4.98 Å². The van der Waals surface area contributed by atoms with E-state index >= 15 is 0 Å². The van der Waals surface area contributed by atoms with Crippen LogP contribution in [0.2, 0.25) is 0 Å². The molecule has 0 N–H and O–H groups in total. The molecule has 0 saturated carbocycles. The highest BCUT2D eigenvalue weighted by atomic mass is 32.2. The quantitative estimate of drug-likeness (QED) is 0.873. The molecule has 0 aliphatic carbocycles. The number of rotatable bonds is 3. The Morgan fingerprint density at radius 2 is 2.14 bits per heavy atom. The summed E-state index contributed by atoms with van der Waals surface area (Å²) in [6, 6.07) is 7.42. The van der Waals surface area contributed by atoms with E-state index in [0.29, 0.717) is 12.1 Å². The van der Waals surface area contributed by atoms with Crippen LogP contribution in [0, 0.1) is 12.7 Å². The second kappa shape index (κ2) is 5.78. The summed E-state index contributed by atoms with van der Waals surface area (Å²) < 4.78 is 40.6. The molecule has 1 fully saturated rings. The Kier molecular flexibility index (Phi) is 3.97. The van der Waals surface area contributed by atoms with Gasteiger partial charge >= 0.3 is 0 Å². The van der Waals surface area contributed by atoms with Gasteiger partial charge in [0.05, 0.1) is 10.9 Å². The van der Waals surface area contributed by atoms with Crippen LogP contribution in [0.3, 0.4) is 0 Å². The maximum atomic E-state index is 13.4. The number of sulfonamides is 1. The molecule has 22 heavy (non-hydrogen) atoms. The van der Waals surface area contributed by atoms with Crippen molar-refractivity contribution in [3.8, 4) is 0 Å². The van der Waals surface area contributed by atoms with Crippen molar-refractivity contribution in [2.45, 2.75) is 30.7 Å². The summed E-state index contributed by atoms with van der Waals surface area (Å²) in [5, 5.41) is 0. The molecule has 1 atom stereocenters. The van der Waals surface area contributed by atoms with Gasteiger partial charge in [0.2, 0.25) is 10.0 Å². The number of aryl methyl sites for hydroxylation is 1. The summed E-state index contributed by atoms with van der Waals surface area (Å²) in [7, 11) is -3.64. The zero-order valence-electron chi connectivity index (χ0n) is 12.2. The van der Waals surface area contributed by atoms with Gasteiger partial charge in [-0.15, -0.1) is 0 Å². The molecular weight excluding hydrogens is 303 g/mol. The summed E-state index contributed by atoms with van der Waals surface area (Å²) in [5.74, 6) is -0.399. The van der Waals surface area contributed by atoms with E-state index in [1.165, 1.54) is 22.5 Å². The van der Waals surface area contributed by atoms with Gasteiger partial charge < -0.3 is 0 Å². The van der Waals surface area contributed by atoms with Gasteiger partial charge in [0, 0.05) is 18.9 Å². The molecular formula is C16H17FN2O2S. The third kappa shape index (κ3) is 2.64. The number of nitrogens with zero attached hydrogens (tertiary/aromatic N) is 2. The molecule has 3 rings (SSSR count). The molecule has 1 aromatic heterocycles. The molecule has 0 amide bonds. The minimum absolute atomic E-state index is 0.141. The van der Waals surface area contributed by atoms with Gasteiger partial charge in [-0.25, -0.2) is 12.8 Å². The van der Waals surface area contributed by atoms with E-state index in [9.17, 15) is 12.8 Å². The summed E-state index contributed by atoms with van der Waals surface area (Å²) in [4.78, 5) is 4.21. The molecule has 4 nitrogen and oxygen atoms in total. The maximum absolute atomic E-state index is 13.4. The summed E-state index contributed by atoms with van der Waals surface area (Å²) in [5.41, 5.74) is 1.22. The fraction of sp³-hybridized carbons (Fsp3) is 0.312. The lowest BCUT2D eigenvalue weighted by molar-refractivity contribution is 0.396. The van der Waals surface area contributed by atoms with Gasteiger partial charge in [0.1, 0.15) is 5.82 Å². The van der Waals surface area contributed by atoms with Gasteiger partial charge in [0.25, 0.3) is 0 Å². The lowest BCUT2D eigenvalue weighted by Gasteiger charge is -2.24. The van der Waals surface area contributed by atoms with E-state index in [1.54, 1.807) is 25.4 Å². The lowest BCUT2D eigenvalue weighted by atomic mass is 10.1. The second-order valence-corrected chi connectivity index (χ2v) is 7.36. The molecule has 0 radical (unpaired) electrons. The molecule has 1 aromatic carbocycles. The zero-order valence-corrected chi connectivity index (χ0v) is 13.1. The van der Waals surface area contributed by atoms with E-state index in [-0.39, 0.29) is 10.9 Å². The van der Waals surface area contributed by atoms with E-state index in [2.05, 4.69) is 4.98 Å². The molecule has 0 spiro atoms. The average Bonchev–Trinajstić information content (AvgIpc) is 3.01. The van der Waals surface area contributed by atoms with Crippen LogP contribution in [-0.4, -0.2) is 24.3 Å².